The quantitative estimate of drug-likeness (QED) is 0.847. The van der Waals surface area contributed by atoms with Crippen molar-refractivity contribution >= 4 is 17.5 Å². The van der Waals surface area contributed by atoms with E-state index in [0.29, 0.717) is 37.3 Å². The predicted molar refractivity (Wildman–Crippen MR) is 117 cm³/mol. The van der Waals surface area contributed by atoms with E-state index in [1.807, 2.05) is 17.0 Å². The molecule has 2 atom stereocenters. The highest BCUT2D eigenvalue weighted by Gasteiger charge is 2.37. The molecule has 3 heterocycles. The maximum absolute atomic E-state index is 13.1. The minimum Gasteiger partial charge on any atom is -0.342 e. The normalized spacial score (nSPS) is 20.4. The van der Waals surface area contributed by atoms with Gasteiger partial charge < -0.3 is 14.8 Å². The molecule has 1 aromatic heterocycles. The summed E-state index contributed by atoms with van der Waals surface area (Å²) in [6.45, 7) is 8.17. The van der Waals surface area contributed by atoms with Crippen molar-refractivity contribution in [2.24, 2.45) is 11.3 Å². The van der Waals surface area contributed by atoms with Gasteiger partial charge in [0.2, 0.25) is 5.91 Å². The molecule has 30 heavy (non-hydrogen) atoms. The average molecular weight is 408 g/mol. The zero-order valence-electron chi connectivity index (χ0n) is 17.9. The first-order valence-electron chi connectivity index (χ1n) is 10.6. The van der Waals surface area contributed by atoms with Crippen LogP contribution < -0.4 is 10.9 Å². The van der Waals surface area contributed by atoms with Gasteiger partial charge in [-0.15, -0.1) is 0 Å². The number of nitrogens with zero attached hydrogens (tertiary/aromatic N) is 2. The Balaban J connectivity index is 1.54. The summed E-state index contributed by atoms with van der Waals surface area (Å²) in [5.74, 6) is 0.328. The first-order chi connectivity index (χ1) is 14.2. The summed E-state index contributed by atoms with van der Waals surface area (Å²) >= 11 is 0. The number of likely N-dealkylation sites (tertiary alicyclic amines) is 1. The monoisotopic (exact) mass is 407 g/mol. The van der Waals surface area contributed by atoms with E-state index in [1.165, 1.54) is 0 Å². The van der Waals surface area contributed by atoms with Gasteiger partial charge in [0.05, 0.1) is 0 Å². The Morgan fingerprint density at radius 1 is 1.03 bits per heavy atom. The number of carbonyl (C=O) groups is 2. The third kappa shape index (κ3) is 4.18. The molecule has 0 spiro atoms. The fraction of sp³-hybridized carbons (Fsp3) is 0.458. The molecule has 2 unspecified atom stereocenters. The number of anilines is 1. The molecule has 6 nitrogen and oxygen atoms in total. The van der Waals surface area contributed by atoms with Crippen LogP contribution in [0, 0.1) is 11.3 Å². The zero-order valence-corrected chi connectivity index (χ0v) is 17.9. The lowest BCUT2D eigenvalue weighted by Crippen LogP contribution is -2.49. The molecular formula is C24H29N3O3. The fourth-order valence-corrected chi connectivity index (χ4v) is 4.59. The van der Waals surface area contributed by atoms with E-state index in [4.69, 9.17) is 0 Å². The van der Waals surface area contributed by atoms with Crippen LogP contribution in [0.1, 0.15) is 55.6 Å². The van der Waals surface area contributed by atoms with Crippen LogP contribution in [0.3, 0.4) is 0 Å². The van der Waals surface area contributed by atoms with Crippen LogP contribution in [0.4, 0.5) is 5.69 Å². The van der Waals surface area contributed by atoms with Gasteiger partial charge in [-0.2, -0.15) is 0 Å². The van der Waals surface area contributed by atoms with Crippen LogP contribution in [0.5, 0.6) is 0 Å². The Hall–Kier alpha value is -2.89. The van der Waals surface area contributed by atoms with Crippen molar-refractivity contribution in [2.75, 3.05) is 18.4 Å². The predicted octanol–water partition coefficient (Wildman–Crippen LogP) is 3.48. The lowest BCUT2D eigenvalue weighted by atomic mass is 9.82. The first-order valence-corrected chi connectivity index (χ1v) is 10.6. The minimum absolute atomic E-state index is 0.0374. The third-order valence-corrected chi connectivity index (χ3v) is 5.92. The van der Waals surface area contributed by atoms with E-state index in [1.54, 1.807) is 34.9 Å². The van der Waals surface area contributed by atoms with Crippen LogP contribution in [0.2, 0.25) is 0 Å². The summed E-state index contributed by atoms with van der Waals surface area (Å²) in [7, 11) is 0. The van der Waals surface area contributed by atoms with E-state index in [2.05, 4.69) is 26.1 Å². The highest BCUT2D eigenvalue weighted by atomic mass is 16.2. The summed E-state index contributed by atoms with van der Waals surface area (Å²) in [6.07, 6.45) is 1.53. The molecule has 2 aliphatic heterocycles. The van der Waals surface area contributed by atoms with Gasteiger partial charge in [0.15, 0.2) is 0 Å². The summed E-state index contributed by atoms with van der Waals surface area (Å²) < 4.78 is 1.80. The molecule has 1 saturated heterocycles. The molecule has 0 saturated carbocycles. The summed E-state index contributed by atoms with van der Waals surface area (Å²) in [5.41, 5.74) is 1.57. The SMILES string of the molecule is CC(C)(C)CC(=O)N1CC2CC(C1)c1ccc(NC(=O)c3ccccc3)c(=O)n1C2. The van der Waals surface area contributed by atoms with Crippen molar-refractivity contribution in [3.05, 3.63) is 64.1 Å². The van der Waals surface area contributed by atoms with E-state index in [-0.39, 0.29) is 34.6 Å². The van der Waals surface area contributed by atoms with Crippen LogP contribution in [0.15, 0.2) is 47.3 Å². The molecule has 2 amide bonds. The molecule has 1 fully saturated rings. The number of piperidine rings is 1. The standard InChI is InChI=1S/C24H29N3O3/c1-24(2,3)12-21(28)26-13-16-11-18(15-26)20-10-9-19(23(30)27(20)14-16)25-22(29)17-7-5-4-6-8-17/h4-10,16,18H,11-15H2,1-3H3,(H,25,29). The largest absolute Gasteiger partial charge is 0.342 e. The molecule has 4 rings (SSSR count). The van der Waals surface area contributed by atoms with E-state index in [0.717, 1.165) is 12.1 Å². The second kappa shape index (κ2) is 7.74. The zero-order chi connectivity index (χ0) is 21.5. The molecule has 158 valence electrons. The number of hydrogen-bond donors (Lipinski definition) is 1. The number of rotatable bonds is 3. The Labute approximate surface area is 176 Å². The van der Waals surface area contributed by atoms with Gasteiger partial charge in [-0.05, 0) is 42.0 Å². The molecule has 2 bridgehead atoms. The van der Waals surface area contributed by atoms with Gasteiger partial charge in [0.1, 0.15) is 5.69 Å². The van der Waals surface area contributed by atoms with Gasteiger partial charge in [-0.25, -0.2) is 0 Å². The van der Waals surface area contributed by atoms with Crippen LogP contribution >= 0.6 is 0 Å². The number of benzene rings is 1. The lowest BCUT2D eigenvalue weighted by Gasteiger charge is -2.43. The Morgan fingerprint density at radius 2 is 1.77 bits per heavy atom. The Bertz CT molecular complexity index is 1020. The number of fused-ring (bicyclic) bond motifs is 4. The van der Waals surface area contributed by atoms with Crippen LogP contribution in [0.25, 0.3) is 0 Å². The van der Waals surface area contributed by atoms with Gasteiger partial charge in [-0.1, -0.05) is 39.0 Å². The molecule has 1 aromatic carbocycles. The molecule has 6 heteroatoms. The number of hydrogen-bond acceptors (Lipinski definition) is 3. The van der Waals surface area contributed by atoms with Crippen molar-refractivity contribution in [1.82, 2.24) is 9.47 Å². The number of nitrogens with one attached hydrogen (secondary N) is 1. The highest BCUT2D eigenvalue weighted by Crippen LogP contribution is 2.36. The molecule has 2 aliphatic rings. The van der Waals surface area contributed by atoms with Gasteiger partial charge in [-0.3, -0.25) is 14.4 Å². The topological polar surface area (TPSA) is 71.4 Å². The van der Waals surface area contributed by atoms with Gasteiger partial charge in [0.25, 0.3) is 11.5 Å². The molecular weight excluding hydrogens is 378 g/mol. The Kier molecular flexibility index (Phi) is 5.26. The summed E-state index contributed by atoms with van der Waals surface area (Å²) in [6, 6.07) is 12.5. The van der Waals surface area contributed by atoms with Gasteiger partial charge >= 0.3 is 0 Å². The summed E-state index contributed by atoms with van der Waals surface area (Å²) in [4.78, 5) is 40.3. The van der Waals surface area contributed by atoms with Crippen molar-refractivity contribution in [2.45, 2.75) is 46.1 Å². The van der Waals surface area contributed by atoms with Crippen molar-refractivity contribution in [3.8, 4) is 0 Å². The maximum Gasteiger partial charge on any atom is 0.274 e. The van der Waals surface area contributed by atoms with Gasteiger partial charge in [0, 0.05) is 43.2 Å². The third-order valence-electron chi connectivity index (χ3n) is 5.92. The molecule has 2 aromatic rings. The molecule has 0 aliphatic carbocycles. The second-order valence-electron chi connectivity index (χ2n) is 9.74. The number of pyridine rings is 1. The first kappa shape index (κ1) is 20.4. The number of aromatic nitrogens is 1. The van der Waals surface area contributed by atoms with E-state index >= 15 is 0 Å². The van der Waals surface area contributed by atoms with Crippen LogP contribution in [-0.4, -0.2) is 34.4 Å². The fourth-order valence-electron chi connectivity index (χ4n) is 4.59. The lowest BCUT2D eigenvalue weighted by molar-refractivity contribution is -0.135. The number of amides is 2. The number of carbonyl (C=O) groups excluding carboxylic acids is 2. The Morgan fingerprint density at radius 3 is 2.47 bits per heavy atom. The van der Waals surface area contributed by atoms with Crippen molar-refractivity contribution in [3.63, 3.8) is 0 Å². The average Bonchev–Trinajstić information content (AvgIpc) is 2.69. The molecule has 0 radical (unpaired) electrons. The van der Waals surface area contributed by atoms with E-state index < -0.39 is 0 Å². The van der Waals surface area contributed by atoms with E-state index in [9.17, 15) is 14.4 Å². The van der Waals surface area contributed by atoms with Crippen molar-refractivity contribution in [1.29, 1.82) is 0 Å². The van der Waals surface area contributed by atoms with Crippen LogP contribution in [-0.2, 0) is 11.3 Å². The summed E-state index contributed by atoms with van der Waals surface area (Å²) in [5, 5.41) is 2.76. The smallest absolute Gasteiger partial charge is 0.274 e. The van der Waals surface area contributed by atoms with Crippen molar-refractivity contribution < 1.29 is 9.59 Å². The second-order valence-corrected chi connectivity index (χ2v) is 9.74. The molecule has 1 N–H and O–H groups in total. The minimum atomic E-state index is -0.289. The highest BCUT2D eigenvalue weighted by molar-refractivity contribution is 6.04. The maximum atomic E-state index is 13.1.